The van der Waals surface area contributed by atoms with E-state index in [1.165, 1.54) is 0 Å². The number of likely N-dealkylation sites (tertiary alicyclic amines) is 1. The average Bonchev–Trinajstić information content (AvgIpc) is 2.69. The van der Waals surface area contributed by atoms with Crippen LogP contribution in [0, 0.1) is 0 Å². The number of amides is 1. The van der Waals surface area contributed by atoms with Gasteiger partial charge in [0.05, 0.1) is 28.4 Å². The molecule has 2 N–H and O–H groups in total. The highest BCUT2D eigenvalue weighted by Crippen LogP contribution is 2.29. The van der Waals surface area contributed by atoms with Gasteiger partial charge in [0.2, 0.25) is 5.91 Å². The smallest absolute Gasteiger partial charge is 0.238 e. The molecule has 1 amide bonds. The Hall–Kier alpha value is -0.810. The van der Waals surface area contributed by atoms with Crippen molar-refractivity contribution in [2.45, 2.75) is 12.5 Å². The van der Waals surface area contributed by atoms with Crippen molar-refractivity contribution in [3.8, 4) is 0 Å². The van der Waals surface area contributed by atoms with Gasteiger partial charge in [0.15, 0.2) is 0 Å². The number of rotatable bonds is 3. The van der Waals surface area contributed by atoms with Gasteiger partial charge >= 0.3 is 0 Å². The molecule has 1 heterocycles. The van der Waals surface area contributed by atoms with E-state index in [4.69, 9.17) is 23.2 Å². The fraction of sp³-hybridized carbons (Fsp3) is 0.417. The minimum atomic E-state index is -0.332. The summed E-state index contributed by atoms with van der Waals surface area (Å²) < 4.78 is 0. The van der Waals surface area contributed by atoms with Crippen molar-refractivity contribution in [3.05, 3.63) is 28.2 Å². The van der Waals surface area contributed by atoms with Gasteiger partial charge in [0.1, 0.15) is 0 Å². The molecule has 1 saturated heterocycles. The molecule has 0 aromatic heterocycles. The van der Waals surface area contributed by atoms with E-state index in [-0.39, 0.29) is 18.6 Å². The number of β-amino-alcohol motifs (C(OH)–C–C–N with tert-alkyl or cyclic N) is 1. The molecular formula is C12H14Cl2N2O2. The summed E-state index contributed by atoms with van der Waals surface area (Å²) in [7, 11) is 0. The SMILES string of the molecule is O=C(CN1CCC(O)C1)Nc1c(Cl)cccc1Cl. The first-order valence-corrected chi connectivity index (χ1v) is 6.46. The Balaban J connectivity index is 1.95. The van der Waals surface area contributed by atoms with Crippen molar-refractivity contribution in [2.24, 2.45) is 0 Å². The summed E-state index contributed by atoms with van der Waals surface area (Å²) in [5, 5.41) is 12.9. The predicted octanol–water partition coefficient (Wildman–Crippen LogP) is 2.00. The highest BCUT2D eigenvalue weighted by molar-refractivity contribution is 6.39. The van der Waals surface area contributed by atoms with Crippen LogP contribution in [0.2, 0.25) is 10.0 Å². The maximum absolute atomic E-state index is 11.8. The molecule has 2 rings (SSSR count). The van der Waals surface area contributed by atoms with E-state index >= 15 is 0 Å². The molecule has 1 atom stereocenters. The monoisotopic (exact) mass is 288 g/mol. The second kappa shape index (κ2) is 5.89. The van der Waals surface area contributed by atoms with Crippen molar-refractivity contribution >= 4 is 34.8 Å². The summed E-state index contributed by atoms with van der Waals surface area (Å²) in [5.41, 5.74) is 0.436. The number of carbonyl (C=O) groups excluding carboxylic acids is 1. The molecule has 0 aliphatic carbocycles. The zero-order valence-corrected chi connectivity index (χ0v) is 11.2. The summed E-state index contributed by atoms with van der Waals surface area (Å²) in [5.74, 6) is -0.181. The van der Waals surface area contributed by atoms with Crippen LogP contribution in [0.15, 0.2) is 18.2 Å². The van der Waals surface area contributed by atoms with E-state index in [0.717, 1.165) is 6.54 Å². The Morgan fingerprint density at radius 3 is 2.67 bits per heavy atom. The van der Waals surface area contributed by atoms with Gasteiger partial charge in [-0.15, -0.1) is 0 Å². The molecular weight excluding hydrogens is 275 g/mol. The standard InChI is InChI=1S/C12H14Cl2N2O2/c13-9-2-1-3-10(14)12(9)15-11(18)7-16-5-4-8(17)6-16/h1-3,8,17H,4-7H2,(H,15,18). The molecule has 6 heteroatoms. The first-order valence-electron chi connectivity index (χ1n) is 5.70. The van der Waals surface area contributed by atoms with Crippen LogP contribution in [0.3, 0.4) is 0 Å². The van der Waals surface area contributed by atoms with Crippen molar-refractivity contribution in [2.75, 3.05) is 25.0 Å². The van der Waals surface area contributed by atoms with Gasteiger partial charge in [0, 0.05) is 13.1 Å². The first kappa shape index (κ1) is 13.6. The number of carbonyl (C=O) groups is 1. The van der Waals surface area contributed by atoms with E-state index in [1.807, 2.05) is 4.90 Å². The Labute approximate surface area is 115 Å². The Bertz CT molecular complexity index is 433. The van der Waals surface area contributed by atoms with E-state index < -0.39 is 0 Å². The third-order valence-electron chi connectivity index (χ3n) is 2.84. The summed E-state index contributed by atoms with van der Waals surface area (Å²) in [6, 6.07) is 5.06. The minimum Gasteiger partial charge on any atom is -0.392 e. The normalized spacial score (nSPS) is 20.1. The summed E-state index contributed by atoms with van der Waals surface area (Å²) >= 11 is 11.9. The van der Waals surface area contributed by atoms with E-state index in [9.17, 15) is 9.90 Å². The minimum absolute atomic E-state index is 0.181. The van der Waals surface area contributed by atoms with Crippen LogP contribution in [0.25, 0.3) is 0 Å². The van der Waals surface area contributed by atoms with Crippen LogP contribution in [0.5, 0.6) is 0 Å². The number of nitrogens with one attached hydrogen (secondary N) is 1. The largest absolute Gasteiger partial charge is 0.392 e. The summed E-state index contributed by atoms with van der Waals surface area (Å²) in [6.45, 7) is 1.49. The number of aliphatic hydroxyl groups is 1. The molecule has 1 aliphatic rings. The van der Waals surface area contributed by atoms with Gasteiger partial charge in [0.25, 0.3) is 0 Å². The zero-order valence-electron chi connectivity index (χ0n) is 9.70. The van der Waals surface area contributed by atoms with Crippen molar-refractivity contribution in [1.29, 1.82) is 0 Å². The topological polar surface area (TPSA) is 52.6 Å². The van der Waals surface area contributed by atoms with E-state index in [2.05, 4.69) is 5.32 Å². The Morgan fingerprint density at radius 1 is 1.44 bits per heavy atom. The number of hydrogen-bond acceptors (Lipinski definition) is 3. The molecule has 0 radical (unpaired) electrons. The van der Waals surface area contributed by atoms with Crippen LogP contribution in [0.4, 0.5) is 5.69 Å². The average molecular weight is 289 g/mol. The van der Waals surface area contributed by atoms with Crippen molar-refractivity contribution < 1.29 is 9.90 Å². The number of para-hydroxylation sites is 1. The lowest BCUT2D eigenvalue weighted by Crippen LogP contribution is -2.32. The van der Waals surface area contributed by atoms with Gasteiger partial charge < -0.3 is 10.4 Å². The third-order valence-corrected chi connectivity index (χ3v) is 3.47. The predicted molar refractivity (Wildman–Crippen MR) is 72.2 cm³/mol. The molecule has 0 bridgehead atoms. The number of anilines is 1. The molecule has 18 heavy (non-hydrogen) atoms. The third kappa shape index (κ3) is 3.36. The molecule has 0 spiro atoms. The van der Waals surface area contributed by atoms with Crippen molar-refractivity contribution in [1.82, 2.24) is 4.90 Å². The fourth-order valence-corrected chi connectivity index (χ4v) is 2.45. The van der Waals surface area contributed by atoms with Gasteiger partial charge in [-0.25, -0.2) is 0 Å². The van der Waals surface area contributed by atoms with Crippen LogP contribution in [-0.2, 0) is 4.79 Å². The maximum Gasteiger partial charge on any atom is 0.238 e. The Kier molecular flexibility index (Phi) is 4.45. The summed E-state index contributed by atoms with van der Waals surface area (Å²) in [4.78, 5) is 13.7. The number of hydrogen-bond donors (Lipinski definition) is 2. The van der Waals surface area contributed by atoms with Gasteiger partial charge in [-0.3, -0.25) is 9.69 Å². The van der Waals surface area contributed by atoms with Crippen molar-refractivity contribution in [3.63, 3.8) is 0 Å². The zero-order chi connectivity index (χ0) is 13.1. The lowest BCUT2D eigenvalue weighted by atomic mass is 10.3. The van der Waals surface area contributed by atoms with Crippen LogP contribution >= 0.6 is 23.2 Å². The quantitative estimate of drug-likeness (QED) is 0.895. The molecule has 1 aromatic carbocycles. The lowest BCUT2D eigenvalue weighted by molar-refractivity contribution is -0.117. The highest BCUT2D eigenvalue weighted by Gasteiger charge is 2.22. The molecule has 1 fully saturated rings. The number of nitrogens with zero attached hydrogens (tertiary/aromatic N) is 1. The molecule has 1 aromatic rings. The van der Waals surface area contributed by atoms with Gasteiger partial charge in [-0.05, 0) is 18.6 Å². The first-order chi connectivity index (χ1) is 8.56. The molecule has 1 unspecified atom stereocenters. The van der Waals surface area contributed by atoms with Crippen LogP contribution < -0.4 is 5.32 Å². The van der Waals surface area contributed by atoms with Crippen LogP contribution in [-0.4, -0.2) is 41.7 Å². The second-order valence-electron chi connectivity index (χ2n) is 4.32. The number of aliphatic hydroxyl groups excluding tert-OH is 1. The molecule has 98 valence electrons. The van der Waals surface area contributed by atoms with Gasteiger partial charge in [-0.1, -0.05) is 29.3 Å². The van der Waals surface area contributed by atoms with Crippen LogP contribution in [0.1, 0.15) is 6.42 Å². The van der Waals surface area contributed by atoms with E-state index in [0.29, 0.717) is 28.7 Å². The maximum atomic E-state index is 11.8. The van der Waals surface area contributed by atoms with Gasteiger partial charge in [-0.2, -0.15) is 0 Å². The molecule has 1 aliphatic heterocycles. The highest BCUT2D eigenvalue weighted by atomic mass is 35.5. The number of benzene rings is 1. The number of halogens is 2. The van der Waals surface area contributed by atoms with E-state index in [1.54, 1.807) is 18.2 Å². The Morgan fingerprint density at radius 2 is 2.11 bits per heavy atom. The molecule has 4 nitrogen and oxygen atoms in total. The summed E-state index contributed by atoms with van der Waals surface area (Å²) in [6.07, 6.45) is 0.377. The second-order valence-corrected chi connectivity index (χ2v) is 5.14. The lowest BCUT2D eigenvalue weighted by Gasteiger charge is -2.15. The molecule has 0 saturated carbocycles. The fourth-order valence-electron chi connectivity index (χ4n) is 1.96.